The van der Waals surface area contributed by atoms with E-state index in [2.05, 4.69) is 4.98 Å². The number of ether oxygens (including phenoxy) is 2. The Hall–Kier alpha value is -1.43. The van der Waals surface area contributed by atoms with Crippen molar-refractivity contribution in [1.82, 2.24) is 4.98 Å². The lowest BCUT2D eigenvalue weighted by molar-refractivity contribution is 0.113. The molecule has 15 heavy (non-hydrogen) atoms. The van der Waals surface area contributed by atoms with Crippen LogP contribution in [0.25, 0.3) is 0 Å². The summed E-state index contributed by atoms with van der Waals surface area (Å²) in [7, 11) is 2.72. The van der Waals surface area contributed by atoms with E-state index in [9.17, 15) is 8.78 Å². The molecule has 0 radical (unpaired) electrons. The van der Waals surface area contributed by atoms with Gasteiger partial charge < -0.3 is 15.2 Å². The van der Waals surface area contributed by atoms with Gasteiger partial charge in [-0.2, -0.15) is 0 Å². The zero-order chi connectivity index (χ0) is 11.4. The van der Waals surface area contributed by atoms with Crippen LogP contribution in [-0.4, -0.2) is 25.6 Å². The predicted molar refractivity (Wildman–Crippen MR) is 50.3 cm³/mol. The molecule has 1 aromatic rings. The highest BCUT2D eigenvalue weighted by Gasteiger charge is 2.25. The van der Waals surface area contributed by atoms with Crippen LogP contribution in [0.1, 0.15) is 11.6 Å². The second kappa shape index (κ2) is 4.88. The smallest absolute Gasteiger partial charge is 0.257 e. The first kappa shape index (κ1) is 11.6. The Morgan fingerprint density at radius 3 is 2.00 bits per heavy atom. The number of hydrogen-bond acceptors (Lipinski definition) is 4. The first-order chi connectivity index (χ1) is 7.11. The molecule has 0 aliphatic carbocycles. The molecule has 0 aliphatic heterocycles. The van der Waals surface area contributed by atoms with Crippen LogP contribution in [0.15, 0.2) is 12.4 Å². The fourth-order valence-electron chi connectivity index (χ4n) is 1.21. The molecule has 0 saturated heterocycles. The van der Waals surface area contributed by atoms with Crippen LogP contribution < -0.4 is 15.2 Å². The molecular weight excluding hydrogens is 206 g/mol. The van der Waals surface area contributed by atoms with Gasteiger partial charge in [-0.1, -0.05) is 0 Å². The van der Waals surface area contributed by atoms with Gasteiger partial charge >= 0.3 is 0 Å². The SMILES string of the molecule is COc1cncc(OC)c1C(N)C(F)F. The van der Waals surface area contributed by atoms with Crippen molar-refractivity contribution in [2.45, 2.75) is 12.5 Å². The molecule has 84 valence electrons. The van der Waals surface area contributed by atoms with E-state index in [0.717, 1.165) is 0 Å². The molecule has 1 unspecified atom stereocenters. The van der Waals surface area contributed by atoms with Gasteiger partial charge in [0.05, 0.1) is 38.2 Å². The summed E-state index contributed by atoms with van der Waals surface area (Å²) in [6, 6.07) is -1.45. The normalized spacial score (nSPS) is 12.7. The van der Waals surface area contributed by atoms with Crippen LogP contribution in [-0.2, 0) is 0 Å². The molecule has 0 amide bonds. The van der Waals surface area contributed by atoms with Crippen molar-refractivity contribution >= 4 is 0 Å². The summed E-state index contributed by atoms with van der Waals surface area (Å²) in [6.45, 7) is 0. The third-order valence-electron chi connectivity index (χ3n) is 1.96. The Bertz CT molecular complexity index is 312. The number of alkyl halides is 2. The van der Waals surface area contributed by atoms with Crippen molar-refractivity contribution in [3.63, 3.8) is 0 Å². The molecule has 0 fully saturated rings. The molecule has 6 heteroatoms. The van der Waals surface area contributed by atoms with Gasteiger partial charge in [-0.15, -0.1) is 0 Å². The Kier molecular flexibility index (Phi) is 3.79. The maximum absolute atomic E-state index is 12.5. The van der Waals surface area contributed by atoms with Crippen molar-refractivity contribution in [1.29, 1.82) is 0 Å². The van der Waals surface area contributed by atoms with Crippen molar-refractivity contribution in [2.24, 2.45) is 5.73 Å². The van der Waals surface area contributed by atoms with Crippen LogP contribution in [0.5, 0.6) is 11.5 Å². The first-order valence-corrected chi connectivity index (χ1v) is 4.21. The van der Waals surface area contributed by atoms with Crippen molar-refractivity contribution in [3.05, 3.63) is 18.0 Å². The van der Waals surface area contributed by atoms with Crippen LogP contribution in [0.2, 0.25) is 0 Å². The summed E-state index contributed by atoms with van der Waals surface area (Å²) >= 11 is 0. The largest absolute Gasteiger partial charge is 0.495 e. The van der Waals surface area contributed by atoms with Crippen molar-refractivity contribution < 1.29 is 18.3 Å². The van der Waals surface area contributed by atoms with Gasteiger partial charge in [0, 0.05) is 0 Å². The molecule has 0 bridgehead atoms. The Morgan fingerprint density at radius 2 is 1.67 bits per heavy atom. The molecular formula is C9H12F2N2O2. The number of nitrogens with two attached hydrogens (primary N) is 1. The maximum Gasteiger partial charge on any atom is 0.257 e. The predicted octanol–water partition coefficient (Wildman–Crippen LogP) is 1.36. The zero-order valence-corrected chi connectivity index (χ0v) is 8.41. The van der Waals surface area contributed by atoms with Gasteiger partial charge in [0.15, 0.2) is 0 Å². The summed E-state index contributed by atoms with van der Waals surface area (Å²) in [5.74, 6) is 0.393. The monoisotopic (exact) mass is 218 g/mol. The molecule has 0 aromatic carbocycles. The lowest BCUT2D eigenvalue weighted by Crippen LogP contribution is -2.20. The molecule has 0 spiro atoms. The molecule has 1 atom stereocenters. The number of halogens is 2. The third kappa shape index (κ3) is 2.33. The highest BCUT2D eigenvalue weighted by atomic mass is 19.3. The maximum atomic E-state index is 12.5. The number of hydrogen-bond donors (Lipinski definition) is 1. The van der Waals surface area contributed by atoms with Crippen LogP contribution in [0.3, 0.4) is 0 Å². The molecule has 2 N–H and O–H groups in total. The Labute approximate surface area is 86.0 Å². The van der Waals surface area contributed by atoms with E-state index in [1.54, 1.807) is 0 Å². The van der Waals surface area contributed by atoms with Gasteiger partial charge in [0.25, 0.3) is 6.43 Å². The molecule has 1 heterocycles. The van der Waals surface area contributed by atoms with E-state index in [0.29, 0.717) is 0 Å². The highest BCUT2D eigenvalue weighted by Crippen LogP contribution is 2.34. The van der Waals surface area contributed by atoms with E-state index in [1.165, 1.54) is 26.6 Å². The van der Waals surface area contributed by atoms with Crippen molar-refractivity contribution in [3.8, 4) is 11.5 Å². The number of rotatable bonds is 4. The van der Waals surface area contributed by atoms with E-state index in [1.807, 2.05) is 0 Å². The van der Waals surface area contributed by atoms with E-state index in [4.69, 9.17) is 15.2 Å². The van der Waals surface area contributed by atoms with Gasteiger partial charge in [-0.3, -0.25) is 4.98 Å². The minimum atomic E-state index is -2.69. The fourth-order valence-corrected chi connectivity index (χ4v) is 1.21. The Balaban J connectivity index is 3.21. The fraction of sp³-hybridized carbons (Fsp3) is 0.444. The number of aromatic nitrogens is 1. The lowest BCUT2D eigenvalue weighted by atomic mass is 10.1. The Morgan fingerprint density at radius 1 is 1.20 bits per heavy atom. The quantitative estimate of drug-likeness (QED) is 0.829. The standard InChI is InChI=1S/C9H12F2N2O2/c1-14-5-3-13-4-6(15-2)7(5)8(12)9(10)11/h3-4,8-9H,12H2,1-2H3. The van der Waals surface area contributed by atoms with Gasteiger partial charge in [0.2, 0.25) is 0 Å². The minimum Gasteiger partial charge on any atom is -0.495 e. The van der Waals surface area contributed by atoms with Gasteiger partial charge in [-0.25, -0.2) is 8.78 Å². The topological polar surface area (TPSA) is 57.4 Å². The van der Waals surface area contributed by atoms with E-state index < -0.39 is 12.5 Å². The summed E-state index contributed by atoms with van der Waals surface area (Å²) in [4.78, 5) is 3.78. The van der Waals surface area contributed by atoms with Crippen LogP contribution in [0.4, 0.5) is 8.78 Å². The first-order valence-electron chi connectivity index (χ1n) is 4.21. The molecule has 0 aliphatic rings. The summed E-state index contributed by atoms with van der Waals surface area (Å²) in [5.41, 5.74) is 5.48. The molecule has 0 saturated carbocycles. The van der Waals surface area contributed by atoms with E-state index >= 15 is 0 Å². The molecule has 1 aromatic heterocycles. The average molecular weight is 218 g/mol. The highest BCUT2D eigenvalue weighted by molar-refractivity contribution is 5.44. The number of nitrogens with zero attached hydrogens (tertiary/aromatic N) is 1. The van der Waals surface area contributed by atoms with Gasteiger partial charge in [0.1, 0.15) is 11.5 Å². The second-order valence-corrected chi connectivity index (χ2v) is 2.82. The van der Waals surface area contributed by atoms with Gasteiger partial charge in [-0.05, 0) is 0 Å². The summed E-state index contributed by atoms with van der Waals surface area (Å²) in [6.07, 6.45) is -0.0459. The summed E-state index contributed by atoms with van der Waals surface area (Å²) in [5, 5.41) is 0. The average Bonchev–Trinajstić information content (AvgIpc) is 2.26. The summed E-state index contributed by atoms with van der Waals surface area (Å²) < 4.78 is 34.8. The number of methoxy groups -OCH3 is 2. The second-order valence-electron chi connectivity index (χ2n) is 2.82. The molecule has 4 nitrogen and oxygen atoms in total. The third-order valence-corrected chi connectivity index (χ3v) is 1.96. The lowest BCUT2D eigenvalue weighted by Gasteiger charge is -2.17. The minimum absolute atomic E-state index is 0.130. The number of pyridine rings is 1. The van der Waals surface area contributed by atoms with Crippen molar-refractivity contribution in [2.75, 3.05) is 14.2 Å². The van der Waals surface area contributed by atoms with Crippen LogP contribution in [0, 0.1) is 0 Å². The zero-order valence-electron chi connectivity index (χ0n) is 8.41. The van der Waals surface area contributed by atoms with E-state index in [-0.39, 0.29) is 17.1 Å². The van der Waals surface area contributed by atoms with Crippen LogP contribution >= 0.6 is 0 Å². The molecule has 1 rings (SSSR count).